The van der Waals surface area contributed by atoms with E-state index in [-0.39, 0.29) is 12.5 Å². The molecule has 0 aromatic rings. The lowest BCUT2D eigenvalue weighted by atomic mass is 10.1. The van der Waals surface area contributed by atoms with Crippen LogP contribution in [-0.4, -0.2) is 22.3 Å². The summed E-state index contributed by atoms with van der Waals surface area (Å²) < 4.78 is 0. The summed E-state index contributed by atoms with van der Waals surface area (Å²) in [7, 11) is 0. The molecule has 0 aliphatic carbocycles. The summed E-state index contributed by atoms with van der Waals surface area (Å²) in [6.07, 6.45) is 9.85. The van der Waals surface area contributed by atoms with Gasteiger partial charge >= 0.3 is 5.97 Å². The molecule has 88 valence electrons. The van der Waals surface area contributed by atoms with Crippen LogP contribution in [0.2, 0.25) is 0 Å². The molecule has 1 unspecified atom stereocenters. The van der Waals surface area contributed by atoms with Gasteiger partial charge in [-0.15, -0.1) is 0 Å². The lowest BCUT2D eigenvalue weighted by Gasteiger charge is -1.98. The Hall–Kier alpha value is -0.830. The first-order valence-corrected chi connectivity index (χ1v) is 5.67. The normalized spacial score (nSPS) is 13.2. The van der Waals surface area contributed by atoms with Gasteiger partial charge in [-0.3, -0.25) is 4.79 Å². The Balaban J connectivity index is 3.11. The molecule has 0 bridgehead atoms. The van der Waals surface area contributed by atoms with Crippen LogP contribution in [0.25, 0.3) is 0 Å². The molecule has 0 heterocycles. The van der Waals surface area contributed by atoms with Gasteiger partial charge < -0.3 is 10.2 Å². The van der Waals surface area contributed by atoms with Crippen molar-refractivity contribution in [2.24, 2.45) is 0 Å². The van der Waals surface area contributed by atoms with Crippen molar-refractivity contribution in [1.82, 2.24) is 0 Å². The molecule has 0 radical (unpaired) electrons. The minimum absolute atomic E-state index is 0.253. The second-order valence-electron chi connectivity index (χ2n) is 3.90. The van der Waals surface area contributed by atoms with Crippen molar-refractivity contribution in [1.29, 1.82) is 0 Å². The van der Waals surface area contributed by atoms with Crippen LogP contribution in [0.15, 0.2) is 12.2 Å². The molecule has 15 heavy (non-hydrogen) atoms. The predicted molar refractivity (Wildman–Crippen MR) is 60.8 cm³/mol. The molecule has 0 rings (SSSR count). The van der Waals surface area contributed by atoms with E-state index in [2.05, 4.69) is 6.08 Å². The summed E-state index contributed by atoms with van der Waals surface area (Å²) in [5.41, 5.74) is 0. The average molecular weight is 214 g/mol. The Morgan fingerprint density at radius 3 is 2.47 bits per heavy atom. The summed E-state index contributed by atoms with van der Waals surface area (Å²) in [6.45, 7) is 1.77. The molecule has 3 heteroatoms. The zero-order valence-corrected chi connectivity index (χ0v) is 9.48. The number of carboxylic acid groups (broad SMARTS) is 1. The molecule has 0 fully saturated rings. The van der Waals surface area contributed by atoms with Gasteiger partial charge in [0, 0.05) is 6.42 Å². The van der Waals surface area contributed by atoms with E-state index >= 15 is 0 Å². The van der Waals surface area contributed by atoms with Crippen LogP contribution in [0.5, 0.6) is 0 Å². The Labute approximate surface area is 91.8 Å². The molecule has 0 saturated heterocycles. The maximum atomic E-state index is 10.2. The standard InChI is InChI=1S/C12H22O3/c1-11(13)9-7-5-3-2-4-6-8-10-12(14)15/h5,7,11,13H,2-4,6,8-10H2,1H3,(H,14,15). The number of aliphatic carboxylic acids is 1. The number of hydrogen-bond acceptors (Lipinski definition) is 2. The fourth-order valence-electron chi connectivity index (χ4n) is 1.30. The molecule has 0 amide bonds. The molecule has 0 saturated carbocycles. The first kappa shape index (κ1) is 14.2. The van der Waals surface area contributed by atoms with E-state index in [4.69, 9.17) is 10.2 Å². The highest BCUT2D eigenvalue weighted by Gasteiger charge is 1.95. The van der Waals surface area contributed by atoms with Crippen LogP contribution in [-0.2, 0) is 4.79 Å². The highest BCUT2D eigenvalue weighted by molar-refractivity contribution is 5.66. The molecule has 0 aliphatic rings. The highest BCUT2D eigenvalue weighted by Crippen LogP contribution is 2.06. The van der Waals surface area contributed by atoms with Crippen molar-refractivity contribution < 1.29 is 15.0 Å². The molecule has 0 spiro atoms. The van der Waals surface area contributed by atoms with Gasteiger partial charge in [-0.25, -0.2) is 0 Å². The van der Waals surface area contributed by atoms with E-state index in [0.29, 0.717) is 0 Å². The van der Waals surface area contributed by atoms with Gasteiger partial charge in [0.1, 0.15) is 0 Å². The quantitative estimate of drug-likeness (QED) is 0.458. The highest BCUT2D eigenvalue weighted by atomic mass is 16.4. The van der Waals surface area contributed by atoms with E-state index in [0.717, 1.165) is 38.5 Å². The zero-order chi connectivity index (χ0) is 11.5. The maximum Gasteiger partial charge on any atom is 0.303 e. The van der Waals surface area contributed by atoms with E-state index in [1.807, 2.05) is 6.08 Å². The molecule has 0 aliphatic heterocycles. The Bertz CT molecular complexity index is 185. The first-order valence-electron chi connectivity index (χ1n) is 5.67. The number of carbonyl (C=O) groups is 1. The van der Waals surface area contributed by atoms with Crippen molar-refractivity contribution in [2.75, 3.05) is 0 Å². The molecule has 2 N–H and O–H groups in total. The van der Waals surface area contributed by atoms with Gasteiger partial charge in [-0.1, -0.05) is 25.0 Å². The summed E-state index contributed by atoms with van der Waals surface area (Å²) in [4.78, 5) is 10.2. The number of aliphatic hydroxyl groups is 1. The van der Waals surface area contributed by atoms with E-state index in [9.17, 15) is 4.79 Å². The molecular weight excluding hydrogens is 192 g/mol. The van der Waals surface area contributed by atoms with E-state index in [1.54, 1.807) is 6.92 Å². The second-order valence-corrected chi connectivity index (χ2v) is 3.90. The third-order valence-corrected chi connectivity index (χ3v) is 2.16. The number of aliphatic hydroxyl groups excluding tert-OH is 1. The van der Waals surface area contributed by atoms with Crippen molar-refractivity contribution in [3.8, 4) is 0 Å². The van der Waals surface area contributed by atoms with E-state index in [1.165, 1.54) is 0 Å². The zero-order valence-electron chi connectivity index (χ0n) is 9.48. The van der Waals surface area contributed by atoms with Crippen LogP contribution >= 0.6 is 0 Å². The van der Waals surface area contributed by atoms with Crippen LogP contribution in [0.3, 0.4) is 0 Å². The van der Waals surface area contributed by atoms with Gasteiger partial charge in [0.2, 0.25) is 0 Å². The Morgan fingerprint density at radius 1 is 1.20 bits per heavy atom. The summed E-state index contributed by atoms with van der Waals surface area (Å²) in [6, 6.07) is 0. The lowest BCUT2D eigenvalue weighted by molar-refractivity contribution is -0.137. The third-order valence-electron chi connectivity index (χ3n) is 2.16. The monoisotopic (exact) mass is 214 g/mol. The van der Waals surface area contributed by atoms with Crippen molar-refractivity contribution in [2.45, 2.75) is 58.0 Å². The second kappa shape index (κ2) is 9.71. The van der Waals surface area contributed by atoms with Crippen LogP contribution < -0.4 is 0 Å². The molecule has 3 nitrogen and oxygen atoms in total. The summed E-state index contributed by atoms with van der Waals surface area (Å²) >= 11 is 0. The lowest BCUT2D eigenvalue weighted by Crippen LogP contribution is -1.95. The van der Waals surface area contributed by atoms with Crippen LogP contribution in [0.4, 0.5) is 0 Å². The van der Waals surface area contributed by atoms with Gasteiger partial charge in [0.25, 0.3) is 0 Å². The molecule has 1 atom stereocenters. The van der Waals surface area contributed by atoms with Crippen molar-refractivity contribution >= 4 is 5.97 Å². The van der Waals surface area contributed by atoms with Crippen LogP contribution in [0.1, 0.15) is 51.9 Å². The molecule has 0 aromatic heterocycles. The maximum absolute atomic E-state index is 10.2. The minimum atomic E-state index is -0.702. The first-order chi connectivity index (χ1) is 7.13. The largest absolute Gasteiger partial charge is 0.481 e. The Kier molecular flexibility index (Phi) is 9.18. The molecule has 0 aromatic carbocycles. The van der Waals surface area contributed by atoms with Crippen molar-refractivity contribution in [3.05, 3.63) is 12.2 Å². The van der Waals surface area contributed by atoms with Gasteiger partial charge in [0.05, 0.1) is 6.10 Å². The van der Waals surface area contributed by atoms with Crippen LogP contribution in [0, 0.1) is 0 Å². The fourth-order valence-corrected chi connectivity index (χ4v) is 1.30. The minimum Gasteiger partial charge on any atom is -0.481 e. The average Bonchev–Trinajstić information content (AvgIpc) is 2.14. The number of allylic oxidation sites excluding steroid dienone is 1. The fraction of sp³-hybridized carbons (Fsp3) is 0.750. The third kappa shape index (κ3) is 13.2. The Morgan fingerprint density at radius 2 is 1.87 bits per heavy atom. The van der Waals surface area contributed by atoms with Gasteiger partial charge in [0.15, 0.2) is 0 Å². The van der Waals surface area contributed by atoms with Gasteiger partial charge in [-0.2, -0.15) is 0 Å². The van der Waals surface area contributed by atoms with Crippen molar-refractivity contribution in [3.63, 3.8) is 0 Å². The smallest absolute Gasteiger partial charge is 0.303 e. The van der Waals surface area contributed by atoms with E-state index < -0.39 is 5.97 Å². The number of hydrogen-bond donors (Lipinski definition) is 2. The predicted octanol–water partition coefficient (Wildman–Crippen LogP) is 2.74. The molecular formula is C12H22O3. The van der Waals surface area contributed by atoms with Gasteiger partial charge in [-0.05, 0) is 32.6 Å². The summed E-state index contributed by atoms with van der Waals surface area (Å²) in [5, 5.41) is 17.4. The number of unbranched alkanes of at least 4 members (excludes halogenated alkanes) is 4. The number of carboxylic acids is 1. The summed E-state index contributed by atoms with van der Waals surface area (Å²) in [5.74, 6) is -0.702. The topological polar surface area (TPSA) is 57.5 Å². The SMILES string of the molecule is CC(O)CC=CCCCCCCC(=O)O. The number of rotatable bonds is 9.